The van der Waals surface area contributed by atoms with Crippen molar-refractivity contribution in [2.75, 3.05) is 12.3 Å². The molecule has 3 rings (SSSR count). The lowest BCUT2D eigenvalue weighted by molar-refractivity contribution is 0.337. The van der Waals surface area contributed by atoms with E-state index in [0.717, 1.165) is 33.9 Å². The SMILES string of the molecule is CCOc1ccccc1Cc1sc(N)nc1-c1cccnc1. The normalized spacial score (nSPS) is 10.6. The maximum atomic E-state index is 5.92. The molecule has 2 N–H and O–H groups in total. The summed E-state index contributed by atoms with van der Waals surface area (Å²) in [7, 11) is 0. The van der Waals surface area contributed by atoms with E-state index in [9.17, 15) is 0 Å². The predicted octanol–water partition coefficient (Wildman–Crippen LogP) is 3.78. The van der Waals surface area contributed by atoms with Gasteiger partial charge in [0.2, 0.25) is 0 Å². The number of thiazole rings is 1. The van der Waals surface area contributed by atoms with Crippen LogP contribution in [0.15, 0.2) is 48.8 Å². The van der Waals surface area contributed by atoms with Crippen LogP contribution in [-0.4, -0.2) is 16.6 Å². The Morgan fingerprint density at radius 3 is 2.82 bits per heavy atom. The zero-order chi connectivity index (χ0) is 15.4. The van der Waals surface area contributed by atoms with Crippen molar-refractivity contribution in [3.63, 3.8) is 0 Å². The molecular formula is C17H17N3OS. The number of para-hydroxylation sites is 1. The largest absolute Gasteiger partial charge is 0.494 e. The molecule has 112 valence electrons. The number of nitrogens with two attached hydrogens (primary N) is 1. The first-order chi connectivity index (χ1) is 10.8. The van der Waals surface area contributed by atoms with E-state index >= 15 is 0 Å². The molecular weight excluding hydrogens is 294 g/mol. The average Bonchev–Trinajstić information content (AvgIpc) is 2.91. The van der Waals surface area contributed by atoms with Crippen LogP contribution in [0.2, 0.25) is 0 Å². The maximum Gasteiger partial charge on any atom is 0.180 e. The summed E-state index contributed by atoms with van der Waals surface area (Å²) in [5.41, 5.74) is 8.95. The van der Waals surface area contributed by atoms with Crippen molar-refractivity contribution in [3.8, 4) is 17.0 Å². The zero-order valence-electron chi connectivity index (χ0n) is 12.3. The van der Waals surface area contributed by atoms with E-state index in [2.05, 4.69) is 16.0 Å². The fraction of sp³-hybridized carbons (Fsp3) is 0.176. The Balaban J connectivity index is 1.97. The van der Waals surface area contributed by atoms with Gasteiger partial charge in [-0.05, 0) is 30.7 Å². The second-order valence-corrected chi connectivity index (χ2v) is 5.90. The van der Waals surface area contributed by atoms with E-state index in [1.807, 2.05) is 43.5 Å². The quantitative estimate of drug-likeness (QED) is 0.779. The van der Waals surface area contributed by atoms with Crippen LogP contribution in [0.25, 0.3) is 11.3 Å². The fourth-order valence-corrected chi connectivity index (χ4v) is 3.21. The highest BCUT2D eigenvalue weighted by molar-refractivity contribution is 7.15. The van der Waals surface area contributed by atoms with Gasteiger partial charge in [-0.15, -0.1) is 11.3 Å². The van der Waals surface area contributed by atoms with Gasteiger partial charge in [0, 0.05) is 29.3 Å². The van der Waals surface area contributed by atoms with Gasteiger partial charge >= 0.3 is 0 Å². The molecule has 0 spiro atoms. The van der Waals surface area contributed by atoms with Crippen molar-refractivity contribution in [1.82, 2.24) is 9.97 Å². The van der Waals surface area contributed by atoms with Gasteiger partial charge < -0.3 is 10.5 Å². The molecule has 1 aromatic carbocycles. The molecule has 0 radical (unpaired) electrons. The lowest BCUT2D eigenvalue weighted by Gasteiger charge is -2.09. The molecule has 3 aromatic rings. The highest BCUT2D eigenvalue weighted by Gasteiger charge is 2.14. The third-order valence-electron chi connectivity index (χ3n) is 3.27. The Hall–Kier alpha value is -2.40. The van der Waals surface area contributed by atoms with Crippen molar-refractivity contribution in [1.29, 1.82) is 0 Å². The third kappa shape index (κ3) is 3.09. The number of aromatic nitrogens is 2. The van der Waals surface area contributed by atoms with Crippen LogP contribution in [0.5, 0.6) is 5.75 Å². The molecule has 0 unspecified atom stereocenters. The van der Waals surface area contributed by atoms with E-state index in [1.165, 1.54) is 11.3 Å². The number of anilines is 1. The molecule has 22 heavy (non-hydrogen) atoms. The van der Waals surface area contributed by atoms with Crippen molar-refractivity contribution in [3.05, 3.63) is 59.2 Å². The molecule has 0 atom stereocenters. The molecule has 2 aromatic heterocycles. The van der Waals surface area contributed by atoms with Crippen LogP contribution >= 0.6 is 11.3 Å². The van der Waals surface area contributed by atoms with Gasteiger partial charge in [-0.25, -0.2) is 4.98 Å². The second kappa shape index (κ2) is 6.58. The summed E-state index contributed by atoms with van der Waals surface area (Å²) in [4.78, 5) is 9.76. The summed E-state index contributed by atoms with van der Waals surface area (Å²) in [6.45, 7) is 2.64. The Bertz CT molecular complexity index is 756. The number of rotatable bonds is 5. The number of hydrogen-bond acceptors (Lipinski definition) is 5. The maximum absolute atomic E-state index is 5.92. The number of nitrogen functional groups attached to an aromatic ring is 1. The van der Waals surface area contributed by atoms with Crippen molar-refractivity contribution >= 4 is 16.5 Å². The van der Waals surface area contributed by atoms with Crippen LogP contribution in [0.1, 0.15) is 17.4 Å². The van der Waals surface area contributed by atoms with Crippen molar-refractivity contribution < 1.29 is 4.74 Å². The van der Waals surface area contributed by atoms with Crippen molar-refractivity contribution in [2.24, 2.45) is 0 Å². The second-order valence-electron chi connectivity index (χ2n) is 4.78. The molecule has 0 saturated carbocycles. The summed E-state index contributed by atoms with van der Waals surface area (Å²) >= 11 is 1.51. The van der Waals surface area contributed by atoms with Crippen LogP contribution < -0.4 is 10.5 Å². The van der Waals surface area contributed by atoms with Crippen LogP contribution in [0.4, 0.5) is 5.13 Å². The zero-order valence-corrected chi connectivity index (χ0v) is 13.1. The van der Waals surface area contributed by atoms with E-state index in [0.29, 0.717) is 11.7 Å². The first-order valence-corrected chi connectivity index (χ1v) is 7.96. The molecule has 0 fully saturated rings. The highest BCUT2D eigenvalue weighted by atomic mass is 32.1. The Labute approximate surface area is 133 Å². The van der Waals surface area contributed by atoms with Gasteiger partial charge in [0.05, 0.1) is 12.3 Å². The van der Waals surface area contributed by atoms with E-state index in [1.54, 1.807) is 6.20 Å². The van der Waals surface area contributed by atoms with Gasteiger partial charge in [-0.3, -0.25) is 4.98 Å². The lowest BCUT2D eigenvalue weighted by atomic mass is 10.1. The third-order valence-corrected chi connectivity index (χ3v) is 4.16. The smallest absolute Gasteiger partial charge is 0.180 e. The monoisotopic (exact) mass is 311 g/mol. The number of nitrogens with zero attached hydrogens (tertiary/aromatic N) is 2. The summed E-state index contributed by atoms with van der Waals surface area (Å²) in [6, 6.07) is 12.0. The van der Waals surface area contributed by atoms with E-state index < -0.39 is 0 Å². The van der Waals surface area contributed by atoms with E-state index in [4.69, 9.17) is 10.5 Å². The predicted molar refractivity (Wildman–Crippen MR) is 90.2 cm³/mol. The molecule has 0 saturated heterocycles. The Morgan fingerprint density at radius 1 is 1.18 bits per heavy atom. The van der Waals surface area contributed by atoms with Crippen LogP contribution in [0, 0.1) is 0 Å². The van der Waals surface area contributed by atoms with Gasteiger partial charge in [-0.1, -0.05) is 18.2 Å². The Morgan fingerprint density at radius 2 is 2.05 bits per heavy atom. The molecule has 5 heteroatoms. The molecule has 2 heterocycles. The summed E-state index contributed by atoms with van der Waals surface area (Å²) in [5, 5.41) is 0.572. The number of ether oxygens (including phenoxy) is 1. The molecule has 0 amide bonds. The first-order valence-electron chi connectivity index (χ1n) is 7.14. The summed E-state index contributed by atoms with van der Waals surface area (Å²) in [6.07, 6.45) is 4.31. The topological polar surface area (TPSA) is 61.0 Å². The molecule has 4 nitrogen and oxygen atoms in total. The molecule has 0 bridgehead atoms. The molecule has 0 aliphatic carbocycles. The van der Waals surface area contributed by atoms with Crippen LogP contribution in [0.3, 0.4) is 0 Å². The minimum absolute atomic E-state index is 0.572. The fourth-order valence-electron chi connectivity index (χ4n) is 2.34. The standard InChI is InChI=1S/C17H17N3OS/c1-2-21-14-8-4-3-6-12(14)10-15-16(20-17(18)22-15)13-7-5-9-19-11-13/h3-9,11H,2,10H2,1H3,(H2,18,20). The van der Waals surface area contributed by atoms with E-state index in [-0.39, 0.29) is 0 Å². The van der Waals surface area contributed by atoms with Crippen LogP contribution in [-0.2, 0) is 6.42 Å². The highest BCUT2D eigenvalue weighted by Crippen LogP contribution is 2.33. The first kappa shape index (κ1) is 14.5. The van der Waals surface area contributed by atoms with Gasteiger partial charge in [0.15, 0.2) is 5.13 Å². The molecule has 0 aliphatic heterocycles. The lowest BCUT2D eigenvalue weighted by Crippen LogP contribution is -1.97. The van der Waals surface area contributed by atoms with Gasteiger partial charge in [0.1, 0.15) is 5.75 Å². The summed E-state index contributed by atoms with van der Waals surface area (Å²) < 4.78 is 5.70. The van der Waals surface area contributed by atoms with Gasteiger partial charge in [-0.2, -0.15) is 0 Å². The molecule has 0 aliphatic rings. The average molecular weight is 311 g/mol. The minimum Gasteiger partial charge on any atom is -0.494 e. The number of pyridine rings is 1. The van der Waals surface area contributed by atoms with Crippen molar-refractivity contribution in [2.45, 2.75) is 13.3 Å². The number of hydrogen-bond donors (Lipinski definition) is 1. The minimum atomic E-state index is 0.572. The number of benzene rings is 1. The Kier molecular flexibility index (Phi) is 4.34. The summed E-state index contributed by atoms with van der Waals surface area (Å²) in [5.74, 6) is 0.911. The van der Waals surface area contributed by atoms with Gasteiger partial charge in [0.25, 0.3) is 0 Å².